The molecule has 0 fully saturated rings. The summed E-state index contributed by atoms with van der Waals surface area (Å²) in [6.45, 7) is 1.57. The molecule has 0 aliphatic carbocycles. The lowest BCUT2D eigenvalue weighted by Gasteiger charge is -2.34. The zero-order valence-corrected chi connectivity index (χ0v) is 25.6. The Balaban J connectivity index is 1.81. The van der Waals surface area contributed by atoms with Crippen molar-refractivity contribution in [2.24, 2.45) is 0 Å². The molecule has 0 spiro atoms. The van der Waals surface area contributed by atoms with Gasteiger partial charge in [-0.25, -0.2) is 8.42 Å². The van der Waals surface area contributed by atoms with Gasteiger partial charge in [-0.05, 0) is 54.4 Å². The number of anilines is 1. The third-order valence-corrected chi connectivity index (χ3v) is 8.85. The summed E-state index contributed by atoms with van der Waals surface area (Å²) in [5.74, 6) is -0.627. The third kappa shape index (κ3) is 7.94. The average Bonchev–Trinajstić information content (AvgIpc) is 3.03. The van der Waals surface area contributed by atoms with Gasteiger partial charge < -0.3 is 15.0 Å². The van der Waals surface area contributed by atoms with Gasteiger partial charge in [-0.2, -0.15) is 0 Å². The van der Waals surface area contributed by atoms with Crippen molar-refractivity contribution >= 4 is 39.1 Å². The summed E-state index contributed by atoms with van der Waals surface area (Å²) in [4.78, 5) is 29.2. The van der Waals surface area contributed by atoms with Gasteiger partial charge in [-0.3, -0.25) is 13.9 Å². The van der Waals surface area contributed by atoms with Gasteiger partial charge in [0.15, 0.2) is 0 Å². The van der Waals surface area contributed by atoms with Gasteiger partial charge >= 0.3 is 0 Å². The van der Waals surface area contributed by atoms with Crippen LogP contribution in [0.15, 0.2) is 114 Å². The van der Waals surface area contributed by atoms with Gasteiger partial charge in [0.1, 0.15) is 18.3 Å². The molecule has 2 amide bonds. The van der Waals surface area contributed by atoms with Crippen molar-refractivity contribution < 1.29 is 22.7 Å². The number of rotatable bonds is 13. The smallest absolute Gasteiger partial charge is 0.264 e. The summed E-state index contributed by atoms with van der Waals surface area (Å²) in [5.41, 5.74) is 1.79. The minimum absolute atomic E-state index is 0.0190. The van der Waals surface area contributed by atoms with E-state index < -0.39 is 28.5 Å². The lowest BCUT2D eigenvalue weighted by Crippen LogP contribution is -2.53. The number of nitrogens with one attached hydrogen (secondary N) is 1. The Morgan fingerprint density at radius 1 is 0.837 bits per heavy atom. The zero-order chi connectivity index (χ0) is 30.8. The summed E-state index contributed by atoms with van der Waals surface area (Å²) in [6.07, 6.45) is 0.223. The molecular weight excluding hydrogens is 586 g/mol. The van der Waals surface area contributed by atoms with Crippen LogP contribution >= 0.6 is 11.6 Å². The highest BCUT2D eigenvalue weighted by Gasteiger charge is 2.35. The molecule has 0 unspecified atom stereocenters. The molecule has 1 N–H and O–H groups in total. The van der Waals surface area contributed by atoms with Gasteiger partial charge in [0.2, 0.25) is 11.8 Å². The van der Waals surface area contributed by atoms with Gasteiger partial charge in [0.25, 0.3) is 10.0 Å². The van der Waals surface area contributed by atoms with E-state index in [9.17, 15) is 18.0 Å². The van der Waals surface area contributed by atoms with Crippen LogP contribution in [0, 0.1) is 0 Å². The molecule has 4 aromatic carbocycles. The zero-order valence-electron chi connectivity index (χ0n) is 24.0. The Bertz CT molecular complexity index is 1620. The molecule has 0 bridgehead atoms. The van der Waals surface area contributed by atoms with Gasteiger partial charge in [0, 0.05) is 25.0 Å². The standard InChI is InChI=1S/C33H34ClN3O5S/c1-3-42-31-17-11-10-16-29(31)37(43(40,41)28-14-8-5-9-15-28)24-32(38)36(23-26-18-20-27(34)21-19-26)30(33(39)35-2)22-25-12-6-4-7-13-25/h4-21,30H,3,22-24H2,1-2H3,(H,35,39)/t30-/m0/s1. The molecule has 4 aromatic rings. The van der Waals surface area contributed by atoms with Gasteiger partial charge in [-0.15, -0.1) is 0 Å². The lowest BCUT2D eigenvalue weighted by atomic mass is 10.0. The maximum absolute atomic E-state index is 14.4. The molecule has 10 heteroatoms. The Hall–Kier alpha value is -4.34. The number of carbonyl (C=O) groups excluding carboxylic acids is 2. The van der Waals surface area contributed by atoms with Crippen LogP contribution in [0.5, 0.6) is 5.75 Å². The minimum atomic E-state index is -4.22. The highest BCUT2D eigenvalue weighted by molar-refractivity contribution is 7.92. The van der Waals surface area contributed by atoms with Crippen LogP contribution < -0.4 is 14.4 Å². The first-order chi connectivity index (χ1) is 20.7. The first-order valence-electron chi connectivity index (χ1n) is 13.8. The SMILES string of the molecule is CCOc1ccccc1N(CC(=O)N(Cc1ccc(Cl)cc1)[C@@H](Cc1ccccc1)C(=O)NC)S(=O)(=O)c1ccccc1. The molecule has 0 aromatic heterocycles. The number of hydrogen-bond acceptors (Lipinski definition) is 5. The van der Waals surface area contributed by atoms with Gasteiger partial charge in [0.05, 0.1) is 17.2 Å². The molecule has 1 atom stereocenters. The lowest BCUT2D eigenvalue weighted by molar-refractivity contribution is -0.139. The van der Waals surface area contributed by atoms with E-state index in [2.05, 4.69) is 5.32 Å². The van der Waals surface area contributed by atoms with Crippen LogP contribution in [0.25, 0.3) is 0 Å². The molecular formula is C33H34ClN3O5S. The van der Waals surface area contributed by atoms with Crippen LogP contribution in [0.2, 0.25) is 5.02 Å². The normalized spacial score (nSPS) is 11.8. The number of benzene rings is 4. The number of amides is 2. The summed E-state index contributed by atoms with van der Waals surface area (Å²) in [6, 6.07) is 30.0. The Labute approximate surface area is 257 Å². The number of hydrogen-bond donors (Lipinski definition) is 1. The summed E-state index contributed by atoms with van der Waals surface area (Å²) >= 11 is 6.11. The molecule has 0 radical (unpaired) electrons. The van der Waals surface area contributed by atoms with E-state index in [-0.39, 0.29) is 29.5 Å². The monoisotopic (exact) mass is 619 g/mol. The van der Waals surface area contributed by atoms with Crippen molar-refractivity contribution in [1.29, 1.82) is 0 Å². The fourth-order valence-electron chi connectivity index (χ4n) is 4.68. The predicted octanol–water partition coefficient (Wildman–Crippen LogP) is 5.32. The molecule has 0 heterocycles. The van der Waals surface area contributed by atoms with E-state index in [1.165, 1.54) is 24.1 Å². The summed E-state index contributed by atoms with van der Waals surface area (Å²) in [7, 11) is -2.71. The number of ether oxygens (including phenoxy) is 1. The fraction of sp³-hybridized carbons (Fsp3) is 0.212. The van der Waals surface area contributed by atoms with Crippen LogP contribution in [0.1, 0.15) is 18.1 Å². The average molecular weight is 620 g/mol. The molecule has 0 aliphatic rings. The quantitative estimate of drug-likeness (QED) is 0.219. The number of para-hydroxylation sites is 2. The van der Waals surface area contributed by atoms with E-state index in [4.69, 9.17) is 16.3 Å². The molecule has 0 aliphatic heterocycles. The predicted molar refractivity (Wildman–Crippen MR) is 169 cm³/mol. The molecule has 224 valence electrons. The largest absolute Gasteiger partial charge is 0.492 e. The summed E-state index contributed by atoms with van der Waals surface area (Å²) in [5, 5.41) is 3.21. The Morgan fingerprint density at radius 3 is 2.07 bits per heavy atom. The van der Waals surface area contributed by atoms with Gasteiger partial charge in [-0.1, -0.05) is 84.4 Å². The maximum atomic E-state index is 14.4. The molecule has 0 saturated carbocycles. The number of sulfonamides is 1. The number of likely N-dealkylation sites (N-methyl/N-ethyl adjacent to an activating group) is 1. The Kier molecular flexibility index (Phi) is 10.8. The van der Waals surface area contributed by atoms with Crippen LogP contribution in [-0.4, -0.2) is 51.4 Å². The topological polar surface area (TPSA) is 96.0 Å². The van der Waals surface area contributed by atoms with Crippen LogP contribution in [-0.2, 0) is 32.6 Å². The third-order valence-electron chi connectivity index (χ3n) is 6.83. The number of halogens is 1. The highest BCUT2D eigenvalue weighted by Crippen LogP contribution is 2.33. The minimum Gasteiger partial charge on any atom is -0.492 e. The second-order valence-corrected chi connectivity index (χ2v) is 12.0. The van der Waals surface area contributed by atoms with Crippen molar-refractivity contribution in [3.8, 4) is 5.75 Å². The second kappa shape index (κ2) is 14.7. The number of nitrogens with zero attached hydrogens (tertiary/aromatic N) is 2. The van der Waals surface area contributed by atoms with Crippen LogP contribution in [0.4, 0.5) is 5.69 Å². The molecule has 43 heavy (non-hydrogen) atoms. The first-order valence-corrected chi connectivity index (χ1v) is 15.7. The van der Waals surface area contributed by atoms with E-state index in [1.54, 1.807) is 73.7 Å². The number of carbonyl (C=O) groups is 2. The fourth-order valence-corrected chi connectivity index (χ4v) is 6.25. The first kappa shape index (κ1) is 31.6. The summed E-state index contributed by atoms with van der Waals surface area (Å²) < 4.78 is 35.0. The van der Waals surface area contributed by atoms with Crippen molar-refractivity contribution in [2.75, 3.05) is 24.5 Å². The Morgan fingerprint density at radius 2 is 1.44 bits per heavy atom. The maximum Gasteiger partial charge on any atom is 0.264 e. The van der Waals surface area contributed by atoms with E-state index in [0.717, 1.165) is 15.4 Å². The van der Waals surface area contributed by atoms with E-state index >= 15 is 0 Å². The van der Waals surface area contributed by atoms with Crippen molar-refractivity contribution in [3.63, 3.8) is 0 Å². The molecule has 0 saturated heterocycles. The highest BCUT2D eigenvalue weighted by atomic mass is 35.5. The van der Waals surface area contributed by atoms with E-state index in [0.29, 0.717) is 17.4 Å². The van der Waals surface area contributed by atoms with Crippen LogP contribution in [0.3, 0.4) is 0 Å². The second-order valence-electron chi connectivity index (χ2n) is 9.69. The van der Waals surface area contributed by atoms with Crippen molar-refractivity contribution in [3.05, 3.63) is 125 Å². The molecule has 8 nitrogen and oxygen atoms in total. The van der Waals surface area contributed by atoms with Crippen molar-refractivity contribution in [2.45, 2.75) is 30.8 Å². The van der Waals surface area contributed by atoms with E-state index in [1.807, 2.05) is 30.3 Å². The molecule has 4 rings (SSSR count). The van der Waals surface area contributed by atoms with Crippen molar-refractivity contribution in [1.82, 2.24) is 10.2 Å².